The molecule has 0 spiro atoms. The van der Waals surface area contributed by atoms with E-state index >= 15 is 0 Å². The molecule has 0 aliphatic carbocycles. The number of hydrogen-bond donors (Lipinski definition) is 2. The maximum absolute atomic E-state index is 12.1. The van der Waals surface area contributed by atoms with Gasteiger partial charge in [0.05, 0.1) is 23.7 Å². The summed E-state index contributed by atoms with van der Waals surface area (Å²) in [5, 5.41) is 12.6. The van der Waals surface area contributed by atoms with Gasteiger partial charge in [-0.15, -0.1) is 0 Å². The fraction of sp³-hybridized carbons (Fsp3) is 0.231. The molecule has 3 aromatic carbocycles. The Bertz CT molecular complexity index is 1430. The lowest BCUT2D eigenvalue weighted by Crippen LogP contribution is -2.19. The largest absolute Gasteiger partial charge is 0.493 e. The lowest BCUT2D eigenvalue weighted by molar-refractivity contribution is 0.0696. The number of anilines is 1. The molecule has 8 heteroatoms. The first kappa shape index (κ1) is 23.0. The number of carboxylic acid groups (broad SMARTS) is 1. The second kappa shape index (κ2) is 9.35. The second-order valence-corrected chi connectivity index (χ2v) is 8.13. The standard InChI is InChI=1S/C26H27N3O5/c1-16-19(25(30)31)6-5-7-20(16)27-14-17-9-11-23(24(13-17)33-4)34-15-18-8-10-21-22(12-18)29(3)26(32)28(21)2/h5-13,27H,14-15H2,1-4H3,(H,30,31). The van der Waals surface area contributed by atoms with Crippen LogP contribution in [0.3, 0.4) is 0 Å². The minimum absolute atomic E-state index is 0.0659. The highest BCUT2D eigenvalue weighted by Crippen LogP contribution is 2.30. The first-order valence-electron chi connectivity index (χ1n) is 10.8. The number of aromatic nitrogens is 2. The van der Waals surface area contributed by atoms with E-state index in [1.807, 2.05) is 42.5 Å². The monoisotopic (exact) mass is 461 g/mol. The Labute approximate surface area is 197 Å². The maximum Gasteiger partial charge on any atom is 0.336 e. The number of aromatic carboxylic acids is 1. The summed E-state index contributed by atoms with van der Waals surface area (Å²) < 4.78 is 14.8. The number of methoxy groups -OCH3 is 1. The van der Waals surface area contributed by atoms with Gasteiger partial charge in [-0.25, -0.2) is 9.59 Å². The maximum atomic E-state index is 12.1. The number of rotatable bonds is 8. The van der Waals surface area contributed by atoms with E-state index in [2.05, 4.69) is 5.32 Å². The van der Waals surface area contributed by atoms with Crippen molar-refractivity contribution in [2.24, 2.45) is 14.1 Å². The van der Waals surface area contributed by atoms with Gasteiger partial charge >= 0.3 is 11.7 Å². The van der Waals surface area contributed by atoms with Crippen molar-refractivity contribution in [3.05, 3.63) is 87.3 Å². The quantitative estimate of drug-likeness (QED) is 0.411. The first-order chi connectivity index (χ1) is 16.3. The summed E-state index contributed by atoms with van der Waals surface area (Å²) in [5.41, 5.74) is 5.29. The van der Waals surface area contributed by atoms with Gasteiger partial charge in [0, 0.05) is 26.3 Å². The number of fused-ring (bicyclic) bond motifs is 1. The molecule has 4 aromatic rings. The summed E-state index contributed by atoms with van der Waals surface area (Å²) in [5.74, 6) is 0.263. The van der Waals surface area contributed by atoms with Crippen LogP contribution in [0.4, 0.5) is 5.69 Å². The number of ether oxygens (including phenoxy) is 2. The molecule has 0 saturated carbocycles. The van der Waals surface area contributed by atoms with Gasteiger partial charge in [0.1, 0.15) is 6.61 Å². The van der Waals surface area contributed by atoms with Crippen LogP contribution in [0.1, 0.15) is 27.0 Å². The van der Waals surface area contributed by atoms with Crippen molar-refractivity contribution in [1.82, 2.24) is 9.13 Å². The van der Waals surface area contributed by atoms with Crippen molar-refractivity contribution >= 4 is 22.7 Å². The molecule has 4 rings (SSSR count). The molecule has 0 radical (unpaired) electrons. The fourth-order valence-corrected chi connectivity index (χ4v) is 4.00. The summed E-state index contributed by atoms with van der Waals surface area (Å²) in [7, 11) is 5.10. The van der Waals surface area contributed by atoms with Crippen molar-refractivity contribution in [3.8, 4) is 11.5 Å². The second-order valence-electron chi connectivity index (χ2n) is 8.13. The summed E-state index contributed by atoms with van der Waals surface area (Å²) in [4.78, 5) is 23.5. The van der Waals surface area contributed by atoms with Crippen LogP contribution in [0.25, 0.3) is 11.0 Å². The normalized spacial score (nSPS) is 10.9. The number of hydrogen-bond acceptors (Lipinski definition) is 5. The molecule has 1 aromatic heterocycles. The number of nitrogens with one attached hydrogen (secondary N) is 1. The minimum atomic E-state index is -0.946. The highest BCUT2D eigenvalue weighted by Gasteiger charge is 2.12. The van der Waals surface area contributed by atoms with Crippen LogP contribution in [-0.4, -0.2) is 27.3 Å². The predicted molar refractivity (Wildman–Crippen MR) is 131 cm³/mol. The molecule has 0 fully saturated rings. The lowest BCUT2D eigenvalue weighted by atomic mass is 10.1. The Morgan fingerprint density at radius 2 is 1.71 bits per heavy atom. The van der Waals surface area contributed by atoms with E-state index in [-0.39, 0.29) is 11.3 Å². The van der Waals surface area contributed by atoms with Crippen LogP contribution < -0.4 is 20.5 Å². The van der Waals surface area contributed by atoms with Gasteiger partial charge in [-0.2, -0.15) is 0 Å². The smallest absolute Gasteiger partial charge is 0.336 e. The van der Waals surface area contributed by atoms with Crippen LogP contribution >= 0.6 is 0 Å². The van der Waals surface area contributed by atoms with Crippen LogP contribution in [0.2, 0.25) is 0 Å². The molecule has 0 unspecified atom stereocenters. The van der Waals surface area contributed by atoms with Gasteiger partial charge < -0.3 is 19.9 Å². The molecule has 0 bridgehead atoms. The molecule has 0 saturated heterocycles. The van der Waals surface area contributed by atoms with E-state index in [9.17, 15) is 14.7 Å². The number of aryl methyl sites for hydroxylation is 2. The minimum Gasteiger partial charge on any atom is -0.493 e. The van der Waals surface area contributed by atoms with Gasteiger partial charge in [-0.3, -0.25) is 9.13 Å². The van der Waals surface area contributed by atoms with Crippen LogP contribution in [-0.2, 0) is 27.2 Å². The SMILES string of the molecule is COc1cc(CNc2cccc(C(=O)O)c2C)ccc1OCc1ccc2c(c1)n(C)c(=O)n2C. The number of imidazole rings is 1. The average Bonchev–Trinajstić information content (AvgIpc) is 3.05. The van der Waals surface area contributed by atoms with E-state index in [1.165, 1.54) is 0 Å². The molecule has 8 nitrogen and oxygen atoms in total. The molecule has 176 valence electrons. The highest BCUT2D eigenvalue weighted by molar-refractivity contribution is 5.91. The first-order valence-corrected chi connectivity index (χ1v) is 10.8. The number of nitrogens with zero attached hydrogens (tertiary/aromatic N) is 2. The average molecular weight is 462 g/mol. The van der Waals surface area contributed by atoms with Gasteiger partial charge in [0.25, 0.3) is 0 Å². The van der Waals surface area contributed by atoms with E-state index < -0.39 is 5.97 Å². The number of carbonyl (C=O) groups is 1. The Morgan fingerprint density at radius 1 is 0.971 bits per heavy atom. The summed E-state index contributed by atoms with van der Waals surface area (Å²) in [6.45, 7) is 2.61. The Hall–Kier alpha value is -4.20. The Balaban J connectivity index is 1.47. The van der Waals surface area contributed by atoms with Gasteiger partial charge in [0.15, 0.2) is 11.5 Å². The fourth-order valence-electron chi connectivity index (χ4n) is 4.00. The zero-order valence-electron chi connectivity index (χ0n) is 19.6. The van der Waals surface area contributed by atoms with Gasteiger partial charge in [0.2, 0.25) is 0 Å². The molecule has 2 N–H and O–H groups in total. The van der Waals surface area contributed by atoms with Gasteiger partial charge in [-0.05, 0) is 60.0 Å². The van der Waals surface area contributed by atoms with Crippen LogP contribution in [0.15, 0.2) is 59.4 Å². The van der Waals surface area contributed by atoms with E-state index in [0.29, 0.717) is 30.2 Å². The zero-order valence-corrected chi connectivity index (χ0v) is 19.6. The zero-order chi connectivity index (χ0) is 24.4. The molecule has 0 aliphatic heterocycles. The molecule has 0 atom stereocenters. The topological polar surface area (TPSA) is 94.7 Å². The molecular formula is C26H27N3O5. The Kier molecular flexibility index (Phi) is 6.32. The van der Waals surface area contributed by atoms with Crippen molar-refractivity contribution in [1.29, 1.82) is 0 Å². The molecule has 0 aliphatic rings. The third kappa shape index (κ3) is 4.34. The predicted octanol–water partition coefficient (Wildman–Crippen LogP) is 4.08. The molecule has 0 amide bonds. The lowest BCUT2D eigenvalue weighted by Gasteiger charge is -2.14. The van der Waals surface area contributed by atoms with E-state index in [4.69, 9.17) is 9.47 Å². The summed E-state index contributed by atoms with van der Waals surface area (Å²) in [6, 6.07) is 16.7. The third-order valence-electron chi connectivity index (χ3n) is 6.01. The molecule has 1 heterocycles. The van der Waals surface area contributed by atoms with Crippen LogP contribution in [0.5, 0.6) is 11.5 Å². The van der Waals surface area contributed by atoms with Crippen LogP contribution in [0, 0.1) is 6.92 Å². The molecule has 34 heavy (non-hydrogen) atoms. The number of carboxylic acids is 1. The van der Waals surface area contributed by atoms with Crippen molar-refractivity contribution in [2.75, 3.05) is 12.4 Å². The van der Waals surface area contributed by atoms with E-state index in [0.717, 1.165) is 27.8 Å². The summed E-state index contributed by atoms with van der Waals surface area (Å²) in [6.07, 6.45) is 0. The Morgan fingerprint density at radius 3 is 2.44 bits per heavy atom. The third-order valence-corrected chi connectivity index (χ3v) is 6.01. The molecular weight excluding hydrogens is 434 g/mol. The van der Waals surface area contributed by atoms with Crippen molar-refractivity contribution < 1.29 is 19.4 Å². The summed E-state index contributed by atoms with van der Waals surface area (Å²) >= 11 is 0. The van der Waals surface area contributed by atoms with Crippen molar-refractivity contribution in [2.45, 2.75) is 20.1 Å². The van der Waals surface area contributed by atoms with Crippen molar-refractivity contribution in [3.63, 3.8) is 0 Å². The number of benzene rings is 3. The highest BCUT2D eigenvalue weighted by atomic mass is 16.5. The van der Waals surface area contributed by atoms with E-state index in [1.54, 1.807) is 49.4 Å². The van der Waals surface area contributed by atoms with Gasteiger partial charge in [-0.1, -0.05) is 18.2 Å².